The minimum absolute atomic E-state index is 0.00615. The van der Waals surface area contributed by atoms with Crippen LogP contribution in [0.25, 0.3) is 0 Å². The van der Waals surface area contributed by atoms with Crippen LogP contribution in [0.5, 0.6) is 0 Å². The van der Waals surface area contributed by atoms with Crippen LogP contribution in [0.1, 0.15) is 52.9 Å². The van der Waals surface area contributed by atoms with Crippen molar-refractivity contribution in [2.75, 3.05) is 39.3 Å². The van der Waals surface area contributed by atoms with Gasteiger partial charge >= 0.3 is 0 Å². The first-order chi connectivity index (χ1) is 11.7. The molecule has 0 aromatic heterocycles. The monoisotopic (exact) mass is 351 g/mol. The number of hydrogen-bond acceptors (Lipinski definition) is 4. The van der Waals surface area contributed by atoms with Gasteiger partial charge in [-0.25, -0.2) is 0 Å². The van der Waals surface area contributed by atoms with Crippen molar-refractivity contribution in [3.8, 4) is 0 Å². The van der Waals surface area contributed by atoms with Gasteiger partial charge in [-0.1, -0.05) is 0 Å². The number of aliphatic hydroxyl groups is 1. The molecule has 3 rings (SSSR count). The summed E-state index contributed by atoms with van der Waals surface area (Å²) in [5, 5.41) is 10.7. The van der Waals surface area contributed by atoms with Crippen molar-refractivity contribution in [2.24, 2.45) is 5.41 Å². The highest BCUT2D eigenvalue weighted by Gasteiger charge is 2.50. The second-order valence-corrected chi connectivity index (χ2v) is 8.84. The number of aliphatic hydroxyl groups excluding tert-OH is 1. The van der Waals surface area contributed by atoms with Crippen molar-refractivity contribution in [1.82, 2.24) is 14.7 Å². The van der Waals surface area contributed by atoms with E-state index in [9.17, 15) is 14.7 Å². The number of rotatable bonds is 2. The molecule has 0 bridgehead atoms. The summed E-state index contributed by atoms with van der Waals surface area (Å²) in [5.74, 6) is 0.290. The maximum atomic E-state index is 12.4. The Kier molecular flexibility index (Phi) is 5.13. The summed E-state index contributed by atoms with van der Waals surface area (Å²) in [6.07, 6.45) is 4.39. The van der Waals surface area contributed by atoms with Crippen LogP contribution < -0.4 is 0 Å². The van der Waals surface area contributed by atoms with Crippen molar-refractivity contribution in [2.45, 2.75) is 64.5 Å². The Morgan fingerprint density at radius 3 is 2.24 bits per heavy atom. The molecular weight excluding hydrogens is 318 g/mol. The second kappa shape index (κ2) is 6.88. The lowest BCUT2D eigenvalue weighted by Gasteiger charge is -2.55. The zero-order valence-corrected chi connectivity index (χ0v) is 16.0. The van der Waals surface area contributed by atoms with Crippen LogP contribution in [-0.2, 0) is 9.59 Å². The van der Waals surface area contributed by atoms with E-state index in [1.54, 1.807) is 6.92 Å². The third-order valence-electron chi connectivity index (χ3n) is 6.75. The van der Waals surface area contributed by atoms with Gasteiger partial charge in [0.25, 0.3) is 0 Å². The molecule has 3 saturated heterocycles. The van der Waals surface area contributed by atoms with Crippen LogP contribution in [0, 0.1) is 5.41 Å². The molecule has 0 aliphatic carbocycles. The molecule has 6 nitrogen and oxygen atoms in total. The van der Waals surface area contributed by atoms with E-state index in [0.29, 0.717) is 6.54 Å². The lowest BCUT2D eigenvalue weighted by atomic mass is 9.67. The highest BCUT2D eigenvalue weighted by atomic mass is 16.3. The molecule has 3 fully saturated rings. The van der Waals surface area contributed by atoms with E-state index in [0.717, 1.165) is 64.8 Å². The molecule has 3 aliphatic heterocycles. The zero-order valence-electron chi connectivity index (χ0n) is 16.0. The van der Waals surface area contributed by atoms with E-state index >= 15 is 0 Å². The topological polar surface area (TPSA) is 64.1 Å². The van der Waals surface area contributed by atoms with Crippen LogP contribution in [0.3, 0.4) is 0 Å². The average molecular weight is 351 g/mol. The normalized spacial score (nSPS) is 29.2. The van der Waals surface area contributed by atoms with Gasteiger partial charge in [-0.15, -0.1) is 0 Å². The first kappa shape index (κ1) is 18.6. The van der Waals surface area contributed by atoms with E-state index in [-0.39, 0.29) is 17.2 Å². The molecule has 1 N–H and O–H groups in total. The van der Waals surface area contributed by atoms with Gasteiger partial charge in [-0.2, -0.15) is 0 Å². The highest BCUT2D eigenvalue weighted by molar-refractivity contribution is 5.78. The Hall–Kier alpha value is -1.14. The third kappa shape index (κ3) is 3.70. The van der Waals surface area contributed by atoms with Crippen LogP contribution in [-0.4, -0.2) is 82.5 Å². The fourth-order valence-corrected chi connectivity index (χ4v) is 4.77. The number of hydrogen-bond donors (Lipinski definition) is 1. The first-order valence-corrected chi connectivity index (χ1v) is 9.70. The SMILES string of the molecule is CC(=O)N1CC2(CCN(CC(=O)N3CCCC3)CC2)C[C@@H](O)C1(C)C. The van der Waals surface area contributed by atoms with Gasteiger partial charge < -0.3 is 14.9 Å². The predicted molar refractivity (Wildman–Crippen MR) is 96.0 cm³/mol. The molecule has 3 heterocycles. The number of piperidine rings is 2. The Morgan fingerprint density at radius 1 is 1.08 bits per heavy atom. The Morgan fingerprint density at radius 2 is 1.68 bits per heavy atom. The van der Waals surface area contributed by atoms with Crippen LogP contribution >= 0.6 is 0 Å². The van der Waals surface area contributed by atoms with Gasteiger partial charge in [0.2, 0.25) is 11.8 Å². The lowest BCUT2D eigenvalue weighted by molar-refractivity contribution is -0.157. The molecule has 3 aliphatic rings. The number of nitrogens with zero attached hydrogens (tertiary/aromatic N) is 3. The molecule has 0 radical (unpaired) electrons. The maximum absolute atomic E-state index is 12.4. The van der Waals surface area contributed by atoms with Gasteiger partial charge in [0, 0.05) is 26.6 Å². The van der Waals surface area contributed by atoms with Gasteiger partial charge in [-0.05, 0) is 64.5 Å². The molecule has 2 amide bonds. The quantitative estimate of drug-likeness (QED) is 0.809. The molecule has 0 aromatic carbocycles. The predicted octanol–water partition coefficient (Wildman–Crippen LogP) is 1.08. The molecule has 0 saturated carbocycles. The highest BCUT2D eigenvalue weighted by Crippen LogP contribution is 2.45. The van der Waals surface area contributed by atoms with Crippen molar-refractivity contribution >= 4 is 11.8 Å². The Balaban J connectivity index is 1.59. The number of likely N-dealkylation sites (tertiary alicyclic amines) is 3. The Bertz CT molecular complexity index is 520. The number of amides is 2. The summed E-state index contributed by atoms with van der Waals surface area (Å²) in [4.78, 5) is 30.5. The van der Waals surface area contributed by atoms with E-state index in [4.69, 9.17) is 0 Å². The summed E-state index contributed by atoms with van der Waals surface area (Å²) >= 11 is 0. The van der Waals surface area contributed by atoms with E-state index in [2.05, 4.69) is 4.90 Å². The van der Waals surface area contributed by atoms with Crippen molar-refractivity contribution in [1.29, 1.82) is 0 Å². The van der Waals surface area contributed by atoms with Crippen molar-refractivity contribution in [3.63, 3.8) is 0 Å². The zero-order chi connectivity index (χ0) is 18.2. The van der Waals surface area contributed by atoms with E-state index in [1.165, 1.54) is 0 Å². The average Bonchev–Trinajstić information content (AvgIpc) is 3.08. The minimum Gasteiger partial charge on any atom is -0.391 e. The summed E-state index contributed by atoms with van der Waals surface area (Å²) in [7, 11) is 0. The first-order valence-electron chi connectivity index (χ1n) is 9.70. The Labute approximate surface area is 151 Å². The van der Waals surface area contributed by atoms with Crippen LogP contribution in [0.15, 0.2) is 0 Å². The van der Waals surface area contributed by atoms with Gasteiger partial charge in [0.15, 0.2) is 0 Å². The standard InChI is InChI=1S/C19H33N3O3/c1-15(23)22-14-19(12-16(24)18(22,2)3)6-10-20(11-7-19)13-17(25)21-8-4-5-9-21/h16,24H,4-14H2,1-3H3/t16-/m1/s1. The van der Waals surface area contributed by atoms with Gasteiger partial charge in [0.05, 0.1) is 18.2 Å². The molecular formula is C19H33N3O3. The van der Waals surface area contributed by atoms with Gasteiger partial charge in [0.1, 0.15) is 0 Å². The van der Waals surface area contributed by atoms with Crippen LogP contribution in [0.2, 0.25) is 0 Å². The fourth-order valence-electron chi connectivity index (χ4n) is 4.77. The summed E-state index contributed by atoms with van der Waals surface area (Å²) in [6, 6.07) is 0. The molecule has 1 atom stereocenters. The summed E-state index contributed by atoms with van der Waals surface area (Å²) in [5.41, 5.74) is -0.506. The molecule has 0 unspecified atom stereocenters. The van der Waals surface area contributed by atoms with E-state index < -0.39 is 11.6 Å². The molecule has 25 heavy (non-hydrogen) atoms. The number of carbonyl (C=O) groups is 2. The molecule has 142 valence electrons. The number of carbonyl (C=O) groups excluding carboxylic acids is 2. The smallest absolute Gasteiger partial charge is 0.236 e. The van der Waals surface area contributed by atoms with Crippen molar-refractivity contribution in [3.05, 3.63) is 0 Å². The fraction of sp³-hybridized carbons (Fsp3) is 0.895. The molecule has 0 aromatic rings. The summed E-state index contributed by atoms with van der Waals surface area (Å²) < 4.78 is 0. The second-order valence-electron chi connectivity index (χ2n) is 8.84. The largest absolute Gasteiger partial charge is 0.391 e. The summed E-state index contributed by atoms with van der Waals surface area (Å²) in [6.45, 7) is 10.3. The van der Waals surface area contributed by atoms with Crippen LogP contribution in [0.4, 0.5) is 0 Å². The maximum Gasteiger partial charge on any atom is 0.236 e. The third-order valence-corrected chi connectivity index (χ3v) is 6.75. The van der Waals surface area contributed by atoms with Crippen molar-refractivity contribution < 1.29 is 14.7 Å². The lowest BCUT2D eigenvalue weighted by Crippen LogP contribution is -2.64. The molecule has 1 spiro atoms. The minimum atomic E-state index is -0.500. The van der Waals surface area contributed by atoms with Gasteiger partial charge in [-0.3, -0.25) is 14.5 Å². The molecule has 6 heteroatoms. The van der Waals surface area contributed by atoms with E-state index in [1.807, 2.05) is 23.6 Å².